The molecule has 6 nitrogen and oxygen atoms in total. The maximum atomic E-state index is 12.7. The lowest BCUT2D eigenvalue weighted by atomic mass is 10.0. The van der Waals surface area contributed by atoms with Gasteiger partial charge < -0.3 is 10.1 Å². The molecule has 25 heavy (non-hydrogen) atoms. The van der Waals surface area contributed by atoms with Gasteiger partial charge in [0, 0.05) is 13.0 Å². The molecule has 0 aliphatic heterocycles. The van der Waals surface area contributed by atoms with Gasteiger partial charge in [0.25, 0.3) is 10.0 Å². The molecule has 2 rings (SSSR count). The Balaban J connectivity index is 2.39. The van der Waals surface area contributed by atoms with Gasteiger partial charge in [0.2, 0.25) is 5.91 Å². The Morgan fingerprint density at radius 2 is 1.76 bits per heavy atom. The molecule has 0 unspecified atom stereocenters. The lowest BCUT2D eigenvalue weighted by Gasteiger charge is -2.16. The van der Waals surface area contributed by atoms with Crippen LogP contribution >= 0.6 is 0 Å². The lowest BCUT2D eigenvalue weighted by Crippen LogP contribution is -2.15. The van der Waals surface area contributed by atoms with Crippen molar-refractivity contribution in [1.29, 1.82) is 0 Å². The van der Waals surface area contributed by atoms with Crippen molar-refractivity contribution in [2.45, 2.75) is 31.6 Å². The molecular formula is C18H22N2O4S. The summed E-state index contributed by atoms with van der Waals surface area (Å²) in [4.78, 5) is 11.3. The third kappa shape index (κ3) is 4.51. The molecule has 2 aromatic carbocycles. The third-order valence-corrected chi connectivity index (χ3v) is 4.98. The summed E-state index contributed by atoms with van der Waals surface area (Å²) in [6.45, 7) is 5.37. The predicted molar refractivity (Wildman–Crippen MR) is 98.6 cm³/mol. The Morgan fingerprint density at radius 3 is 2.36 bits per heavy atom. The van der Waals surface area contributed by atoms with Crippen molar-refractivity contribution in [1.82, 2.24) is 0 Å². The van der Waals surface area contributed by atoms with E-state index in [0.717, 1.165) is 5.56 Å². The highest BCUT2D eigenvalue weighted by Gasteiger charge is 2.19. The van der Waals surface area contributed by atoms with Gasteiger partial charge in [-0.25, -0.2) is 8.42 Å². The van der Waals surface area contributed by atoms with Crippen molar-refractivity contribution in [2.24, 2.45) is 0 Å². The molecule has 1 amide bonds. The van der Waals surface area contributed by atoms with Gasteiger partial charge in [0.05, 0.1) is 23.4 Å². The molecule has 0 fully saturated rings. The molecule has 0 aliphatic rings. The lowest BCUT2D eigenvalue weighted by molar-refractivity contribution is -0.114. The number of sulfonamides is 1. The van der Waals surface area contributed by atoms with E-state index in [0.29, 0.717) is 11.4 Å². The van der Waals surface area contributed by atoms with E-state index >= 15 is 0 Å². The summed E-state index contributed by atoms with van der Waals surface area (Å²) in [5.74, 6) is 0.184. The van der Waals surface area contributed by atoms with Crippen molar-refractivity contribution in [3.05, 3.63) is 48.0 Å². The average molecular weight is 362 g/mol. The first-order valence-corrected chi connectivity index (χ1v) is 9.30. The average Bonchev–Trinajstić information content (AvgIpc) is 2.54. The predicted octanol–water partition coefficient (Wildman–Crippen LogP) is 3.58. The number of carbonyl (C=O) groups is 1. The fourth-order valence-electron chi connectivity index (χ4n) is 2.43. The van der Waals surface area contributed by atoms with E-state index < -0.39 is 10.0 Å². The van der Waals surface area contributed by atoms with Crippen LogP contribution in [0.2, 0.25) is 0 Å². The number of methoxy groups -OCH3 is 1. The number of ether oxygens (including phenoxy) is 1. The van der Waals surface area contributed by atoms with Crippen LogP contribution in [0.5, 0.6) is 5.75 Å². The Labute approximate surface area is 148 Å². The van der Waals surface area contributed by atoms with Crippen LogP contribution < -0.4 is 14.8 Å². The van der Waals surface area contributed by atoms with Gasteiger partial charge in [-0.3, -0.25) is 9.52 Å². The first kappa shape index (κ1) is 18.8. The number of benzene rings is 2. The molecule has 134 valence electrons. The fourth-order valence-corrected chi connectivity index (χ4v) is 3.53. The van der Waals surface area contributed by atoms with E-state index in [4.69, 9.17) is 4.74 Å². The van der Waals surface area contributed by atoms with E-state index in [1.54, 1.807) is 12.1 Å². The zero-order valence-corrected chi connectivity index (χ0v) is 15.5. The molecule has 0 aromatic heterocycles. The number of para-hydroxylation sites is 1. The van der Waals surface area contributed by atoms with Gasteiger partial charge in [-0.15, -0.1) is 0 Å². The van der Waals surface area contributed by atoms with E-state index in [2.05, 4.69) is 10.0 Å². The van der Waals surface area contributed by atoms with E-state index in [1.807, 2.05) is 26.0 Å². The Bertz CT molecular complexity index is 876. The number of nitrogens with one attached hydrogen (secondary N) is 2. The fraction of sp³-hybridized carbons (Fsp3) is 0.278. The minimum absolute atomic E-state index is 0.0528. The summed E-state index contributed by atoms with van der Waals surface area (Å²) in [6.07, 6.45) is 0. The smallest absolute Gasteiger partial charge is 0.262 e. The van der Waals surface area contributed by atoms with Crippen LogP contribution in [-0.4, -0.2) is 21.4 Å². The van der Waals surface area contributed by atoms with E-state index in [1.165, 1.54) is 32.2 Å². The highest BCUT2D eigenvalue weighted by Crippen LogP contribution is 2.30. The van der Waals surface area contributed by atoms with Gasteiger partial charge >= 0.3 is 0 Å². The zero-order valence-electron chi connectivity index (χ0n) is 14.7. The molecule has 2 N–H and O–H groups in total. The van der Waals surface area contributed by atoms with Crippen molar-refractivity contribution in [2.75, 3.05) is 17.1 Å². The minimum Gasteiger partial charge on any atom is -0.495 e. The number of hydrogen-bond acceptors (Lipinski definition) is 4. The van der Waals surface area contributed by atoms with E-state index in [9.17, 15) is 13.2 Å². The summed E-state index contributed by atoms with van der Waals surface area (Å²) in [5.41, 5.74) is 1.87. The van der Waals surface area contributed by atoms with Crippen LogP contribution in [0.1, 0.15) is 32.3 Å². The van der Waals surface area contributed by atoms with Crippen molar-refractivity contribution < 1.29 is 17.9 Å². The Morgan fingerprint density at radius 1 is 1.08 bits per heavy atom. The standard InChI is InChI=1S/C18H22N2O4S/c1-12(2)15-7-5-6-8-16(15)20-25(22,23)14-9-10-17(19-13(3)21)18(11-14)24-4/h5-12,20H,1-4H3,(H,19,21). The molecule has 0 radical (unpaired) electrons. The second-order valence-electron chi connectivity index (χ2n) is 5.89. The van der Waals surface area contributed by atoms with Crippen LogP contribution in [0.3, 0.4) is 0 Å². The van der Waals surface area contributed by atoms with Crippen LogP contribution in [0, 0.1) is 0 Å². The summed E-state index contributed by atoms with van der Waals surface area (Å²) in [6, 6.07) is 11.6. The molecule has 0 bridgehead atoms. The molecule has 2 aromatic rings. The number of hydrogen-bond donors (Lipinski definition) is 2. The Kier molecular flexibility index (Phi) is 5.69. The molecule has 0 saturated heterocycles. The second-order valence-corrected chi connectivity index (χ2v) is 7.57. The number of carbonyl (C=O) groups excluding carboxylic acids is 1. The Hall–Kier alpha value is -2.54. The minimum atomic E-state index is -3.79. The normalized spacial score (nSPS) is 11.2. The number of anilines is 2. The quantitative estimate of drug-likeness (QED) is 0.823. The topological polar surface area (TPSA) is 84.5 Å². The molecular weight excluding hydrogens is 340 g/mol. The third-order valence-electron chi connectivity index (χ3n) is 3.62. The summed E-state index contributed by atoms with van der Waals surface area (Å²) >= 11 is 0. The number of amides is 1. The van der Waals surface area contributed by atoms with Crippen molar-refractivity contribution in [3.8, 4) is 5.75 Å². The largest absolute Gasteiger partial charge is 0.495 e. The van der Waals surface area contributed by atoms with Crippen LogP contribution in [0.4, 0.5) is 11.4 Å². The highest BCUT2D eigenvalue weighted by molar-refractivity contribution is 7.92. The van der Waals surface area contributed by atoms with Crippen molar-refractivity contribution in [3.63, 3.8) is 0 Å². The first-order chi connectivity index (χ1) is 11.7. The monoisotopic (exact) mass is 362 g/mol. The van der Waals surface area contributed by atoms with Crippen LogP contribution in [-0.2, 0) is 14.8 Å². The SMILES string of the molecule is COc1cc(S(=O)(=O)Nc2ccccc2C(C)C)ccc1NC(C)=O. The summed E-state index contributed by atoms with van der Waals surface area (Å²) in [7, 11) is -2.37. The second kappa shape index (κ2) is 7.57. The molecule has 7 heteroatoms. The van der Waals surface area contributed by atoms with Crippen LogP contribution in [0.25, 0.3) is 0 Å². The molecule has 0 spiro atoms. The van der Waals surface area contributed by atoms with Gasteiger partial charge in [-0.05, 0) is 29.7 Å². The summed E-state index contributed by atoms with van der Waals surface area (Å²) < 4.78 is 33.3. The van der Waals surface area contributed by atoms with Gasteiger partial charge in [-0.2, -0.15) is 0 Å². The van der Waals surface area contributed by atoms with Gasteiger partial charge in [0.1, 0.15) is 5.75 Å². The molecule has 0 heterocycles. The maximum Gasteiger partial charge on any atom is 0.262 e. The number of rotatable bonds is 6. The molecule has 0 atom stereocenters. The zero-order chi connectivity index (χ0) is 18.6. The maximum absolute atomic E-state index is 12.7. The van der Waals surface area contributed by atoms with Crippen LogP contribution in [0.15, 0.2) is 47.4 Å². The first-order valence-electron chi connectivity index (χ1n) is 7.82. The van der Waals surface area contributed by atoms with Gasteiger partial charge in [-0.1, -0.05) is 32.0 Å². The van der Waals surface area contributed by atoms with E-state index in [-0.39, 0.29) is 22.5 Å². The molecule has 0 saturated carbocycles. The van der Waals surface area contributed by atoms with Gasteiger partial charge in [0.15, 0.2) is 0 Å². The summed E-state index contributed by atoms with van der Waals surface area (Å²) in [5, 5.41) is 2.60. The van der Waals surface area contributed by atoms with Crippen molar-refractivity contribution >= 4 is 27.3 Å². The highest BCUT2D eigenvalue weighted by atomic mass is 32.2. The molecule has 0 aliphatic carbocycles.